The Balaban J connectivity index is 2.30. The highest BCUT2D eigenvalue weighted by atomic mass is 28.4. The molecule has 1 aliphatic carbocycles. The summed E-state index contributed by atoms with van der Waals surface area (Å²) in [6.07, 6.45) is 6.36. The van der Waals surface area contributed by atoms with E-state index in [1.807, 2.05) is 6.07 Å². The highest BCUT2D eigenvalue weighted by Crippen LogP contribution is 2.42. The minimum atomic E-state index is -1.75. The minimum Gasteiger partial charge on any atom is -0.546 e. The maximum Gasteiger partial charge on any atom is 0.250 e. The second kappa shape index (κ2) is 5.20. The second-order valence-electron chi connectivity index (χ2n) is 6.95. The maximum atomic E-state index is 6.54. The summed E-state index contributed by atoms with van der Waals surface area (Å²) in [6.45, 7) is 11.5. The lowest BCUT2D eigenvalue weighted by molar-refractivity contribution is 0.353. The van der Waals surface area contributed by atoms with Crippen molar-refractivity contribution in [3.8, 4) is 0 Å². The van der Waals surface area contributed by atoms with E-state index in [9.17, 15) is 0 Å². The van der Waals surface area contributed by atoms with Gasteiger partial charge in [-0.1, -0.05) is 20.8 Å². The predicted molar refractivity (Wildman–Crippen MR) is 82.4 cm³/mol. The topological polar surface area (TPSA) is 22.4 Å². The van der Waals surface area contributed by atoms with Crippen molar-refractivity contribution in [2.45, 2.75) is 64.6 Å². The molecule has 0 aliphatic heterocycles. The average Bonchev–Trinajstić information content (AvgIpc) is 2.81. The van der Waals surface area contributed by atoms with Gasteiger partial charge in [0.1, 0.15) is 5.76 Å². The summed E-state index contributed by atoms with van der Waals surface area (Å²) in [6, 6.07) is 4.01. The fourth-order valence-electron chi connectivity index (χ4n) is 2.16. The van der Waals surface area contributed by atoms with E-state index in [4.69, 9.17) is 8.84 Å². The van der Waals surface area contributed by atoms with Crippen LogP contribution in [0.4, 0.5) is 0 Å². The van der Waals surface area contributed by atoms with Gasteiger partial charge in [-0.3, -0.25) is 0 Å². The Morgan fingerprint density at radius 3 is 2.42 bits per heavy atom. The van der Waals surface area contributed by atoms with Gasteiger partial charge in [-0.25, -0.2) is 0 Å². The SMILES string of the molecule is CC(C)(C)[Si](C)(C)OC1=C(c2ccco2)CCCC1. The molecule has 19 heavy (non-hydrogen) atoms. The van der Waals surface area contributed by atoms with Gasteiger partial charge in [0.25, 0.3) is 0 Å². The van der Waals surface area contributed by atoms with Crippen LogP contribution in [0.15, 0.2) is 28.6 Å². The lowest BCUT2D eigenvalue weighted by Crippen LogP contribution is -2.40. The van der Waals surface area contributed by atoms with Crippen LogP contribution in [0.5, 0.6) is 0 Å². The molecule has 0 saturated carbocycles. The summed E-state index contributed by atoms with van der Waals surface area (Å²) in [4.78, 5) is 0. The van der Waals surface area contributed by atoms with Crippen molar-refractivity contribution in [2.75, 3.05) is 0 Å². The van der Waals surface area contributed by atoms with Crippen LogP contribution in [0.1, 0.15) is 52.2 Å². The Morgan fingerprint density at radius 1 is 1.16 bits per heavy atom. The van der Waals surface area contributed by atoms with Crippen LogP contribution < -0.4 is 0 Å². The molecule has 1 aromatic heterocycles. The molecule has 0 fully saturated rings. The third-order valence-electron chi connectivity index (χ3n) is 4.42. The van der Waals surface area contributed by atoms with Gasteiger partial charge in [-0.2, -0.15) is 0 Å². The van der Waals surface area contributed by atoms with Crippen molar-refractivity contribution >= 4 is 13.9 Å². The molecule has 0 radical (unpaired) electrons. The zero-order valence-corrected chi connectivity index (χ0v) is 13.9. The first-order valence-electron chi connectivity index (χ1n) is 7.26. The molecule has 0 amide bonds. The molecule has 0 bridgehead atoms. The van der Waals surface area contributed by atoms with Gasteiger partial charge in [-0.05, 0) is 49.5 Å². The molecule has 106 valence electrons. The van der Waals surface area contributed by atoms with Crippen molar-refractivity contribution in [3.05, 3.63) is 29.9 Å². The minimum absolute atomic E-state index is 0.242. The smallest absolute Gasteiger partial charge is 0.250 e. The fraction of sp³-hybridized carbons (Fsp3) is 0.625. The zero-order chi connectivity index (χ0) is 14.1. The van der Waals surface area contributed by atoms with Crippen LogP contribution in [-0.4, -0.2) is 8.32 Å². The molecular weight excluding hydrogens is 252 g/mol. The van der Waals surface area contributed by atoms with Crippen LogP contribution in [0.2, 0.25) is 18.1 Å². The average molecular weight is 278 g/mol. The Labute approximate surface area is 118 Å². The first-order valence-corrected chi connectivity index (χ1v) is 10.2. The Morgan fingerprint density at radius 2 is 1.84 bits per heavy atom. The van der Waals surface area contributed by atoms with Gasteiger partial charge < -0.3 is 8.84 Å². The summed E-state index contributed by atoms with van der Waals surface area (Å²) >= 11 is 0. The standard InChI is InChI=1S/C16H26O2Si/c1-16(2,3)19(4,5)18-15-10-7-6-9-13(15)14-11-8-12-17-14/h8,11-12H,6-7,9-10H2,1-5H3. The van der Waals surface area contributed by atoms with E-state index in [2.05, 4.69) is 39.9 Å². The van der Waals surface area contributed by atoms with Gasteiger partial charge in [-0.15, -0.1) is 0 Å². The third-order valence-corrected chi connectivity index (χ3v) is 8.79. The summed E-state index contributed by atoms with van der Waals surface area (Å²) in [5.74, 6) is 2.18. The van der Waals surface area contributed by atoms with Gasteiger partial charge in [0.05, 0.1) is 12.0 Å². The number of furan rings is 1. The number of hydrogen-bond donors (Lipinski definition) is 0. The van der Waals surface area contributed by atoms with Crippen LogP contribution >= 0.6 is 0 Å². The van der Waals surface area contributed by atoms with E-state index in [-0.39, 0.29) is 5.04 Å². The molecule has 2 rings (SSSR count). The summed E-state index contributed by atoms with van der Waals surface area (Å²) in [5, 5.41) is 0.242. The first kappa shape index (κ1) is 14.4. The fourth-order valence-corrected chi connectivity index (χ4v) is 3.31. The molecule has 0 atom stereocenters. The van der Waals surface area contributed by atoms with E-state index in [0.717, 1.165) is 18.6 Å². The Kier molecular flexibility index (Phi) is 3.95. The molecule has 1 aromatic rings. The molecule has 0 saturated heterocycles. The molecule has 0 aromatic carbocycles. The van der Waals surface area contributed by atoms with E-state index in [0.29, 0.717) is 0 Å². The molecule has 0 N–H and O–H groups in total. The Hall–Kier alpha value is -0.963. The van der Waals surface area contributed by atoms with Crippen LogP contribution in [0.25, 0.3) is 5.57 Å². The van der Waals surface area contributed by atoms with Crippen molar-refractivity contribution in [1.82, 2.24) is 0 Å². The van der Waals surface area contributed by atoms with Crippen LogP contribution in [-0.2, 0) is 4.43 Å². The van der Waals surface area contributed by atoms with Crippen molar-refractivity contribution in [3.63, 3.8) is 0 Å². The molecule has 0 unspecified atom stereocenters. The lowest BCUT2D eigenvalue weighted by atomic mass is 9.96. The van der Waals surface area contributed by atoms with Crippen LogP contribution in [0, 0.1) is 0 Å². The summed E-state index contributed by atoms with van der Waals surface area (Å²) in [5.41, 5.74) is 1.29. The highest BCUT2D eigenvalue weighted by molar-refractivity contribution is 6.74. The Bertz CT molecular complexity index is 450. The third kappa shape index (κ3) is 3.14. The van der Waals surface area contributed by atoms with Gasteiger partial charge >= 0.3 is 0 Å². The lowest BCUT2D eigenvalue weighted by Gasteiger charge is -2.38. The number of hydrogen-bond acceptors (Lipinski definition) is 2. The van der Waals surface area contributed by atoms with Crippen LogP contribution in [0.3, 0.4) is 0 Å². The molecule has 1 aliphatic rings. The second-order valence-corrected chi connectivity index (χ2v) is 11.7. The number of rotatable bonds is 3. The van der Waals surface area contributed by atoms with Gasteiger partial charge in [0.2, 0.25) is 8.32 Å². The molecule has 0 spiro atoms. The molecule has 2 nitrogen and oxygen atoms in total. The van der Waals surface area contributed by atoms with E-state index in [1.165, 1.54) is 24.2 Å². The maximum absolute atomic E-state index is 6.54. The highest BCUT2D eigenvalue weighted by Gasteiger charge is 2.40. The summed E-state index contributed by atoms with van der Waals surface area (Å²) < 4.78 is 12.1. The van der Waals surface area contributed by atoms with Crippen molar-refractivity contribution in [2.24, 2.45) is 0 Å². The zero-order valence-electron chi connectivity index (χ0n) is 12.9. The van der Waals surface area contributed by atoms with Gasteiger partial charge in [0.15, 0.2) is 0 Å². The normalized spacial score (nSPS) is 17.7. The first-order chi connectivity index (χ1) is 8.81. The van der Waals surface area contributed by atoms with Crippen molar-refractivity contribution in [1.29, 1.82) is 0 Å². The van der Waals surface area contributed by atoms with E-state index >= 15 is 0 Å². The van der Waals surface area contributed by atoms with Crippen molar-refractivity contribution < 1.29 is 8.84 Å². The van der Waals surface area contributed by atoms with Gasteiger partial charge in [0, 0.05) is 12.0 Å². The quantitative estimate of drug-likeness (QED) is 0.673. The summed E-state index contributed by atoms with van der Waals surface area (Å²) in [7, 11) is -1.75. The molecule has 1 heterocycles. The van der Waals surface area contributed by atoms with E-state index < -0.39 is 8.32 Å². The largest absolute Gasteiger partial charge is 0.546 e. The molecule has 3 heteroatoms. The molecular formula is C16H26O2Si. The monoisotopic (exact) mass is 278 g/mol. The predicted octanol–water partition coefficient (Wildman–Crippen LogP) is 5.59. The number of allylic oxidation sites excluding steroid dienone is 2. The van der Waals surface area contributed by atoms with E-state index in [1.54, 1.807) is 6.26 Å².